The molecule has 0 saturated heterocycles. The lowest BCUT2D eigenvalue weighted by atomic mass is 9.84. The first kappa shape index (κ1) is 11.3. The summed E-state index contributed by atoms with van der Waals surface area (Å²) in [7, 11) is 0. The van der Waals surface area contributed by atoms with Crippen molar-refractivity contribution in [2.75, 3.05) is 0 Å². The fourth-order valence-electron chi connectivity index (χ4n) is 2.59. The lowest BCUT2D eigenvalue weighted by Crippen LogP contribution is -2.09. The number of phenolic OH excluding ortho intramolecular Hbond substituents is 2. The van der Waals surface area contributed by atoms with Gasteiger partial charge in [0, 0.05) is 0 Å². The van der Waals surface area contributed by atoms with Crippen LogP contribution in [-0.4, -0.2) is 10.2 Å². The maximum Gasteiger partial charge on any atom is 0.119 e. The van der Waals surface area contributed by atoms with Gasteiger partial charge in [-0.25, -0.2) is 0 Å². The number of aromatic hydroxyl groups is 2. The van der Waals surface area contributed by atoms with Crippen LogP contribution in [0.25, 0.3) is 0 Å². The topological polar surface area (TPSA) is 40.5 Å². The Bertz CT molecular complexity index is 365. The molecule has 2 heteroatoms. The molecule has 1 aliphatic rings. The SMILES string of the molecule is Cc1cc(O)c(CC2CCCCC2)cc1O. The van der Waals surface area contributed by atoms with Crippen molar-refractivity contribution >= 4 is 0 Å². The van der Waals surface area contributed by atoms with Gasteiger partial charge in [-0.2, -0.15) is 0 Å². The summed E-state index contributed by atoms with van der Waals surface area (Å²) in [6, 6.07) is 3.38. The summed E-state index contributed by atoms with van der Waals surface area (Å²) in [5.74, 6) is 1.31. The summed E-state index contributed by atoms with van der Waals surface area (Å²) in [4.78, 5) is 0. The van der Waals surface area contributed by atoms with E-state index in [1.165, 1.54) is 32.1 Å². The third kappa shape index (κ3) is 2.49. The lowest BCUT2D eigenvalue weighted by Gasteiger charge is -2.22. The molecule has 0 unspecified atom stereocenters. The molecular weight excluding hydrogens is 200 g/mol. The molecule has 0 radical (unpaired) electrons. The highest BCUT2D eigenvalue weighted by atomic mass is 16.3. The van der Waals surface area contributed by atoms with Crippen LogP contribution in [0.15, 0.2) is 12.1 Å². The summed E-state index contributed by atoms with van der Waals surface area (Å²) in [5.41, 5.74) is 1.64. The molecule has 88 valence electrons. The molecule has 0 bridgehead atoms. The Hall–Kier alpha value is -1.18. The van der Waals surface area contributed by atoms with Gasteiger partial charge in [0.2, 0.25) is 0 Å². The first-order chi connectivity index (χ1) is 7.66. The highest BCUT2D eigenvalue weighted by molar-refractivity contribution is 5.44. The molecule has 0 aromatic heterocycles. The summed E-state index contributed by atoms with van der Waals surface area (Å²) in [6.45, 7) is 1.81. The van der Waals surface area contributed by atoms with Gasteiger partial charge < -0.3 is 10.2 Å². The van der Waals surface area contributed by atoms with Crippen molar-refractivity contribution in [1.82, 2.24) is 0 Å². The Labute approximate surface area is 96.9 Å². The summed E-state index contributed by atoms with van der Waals surface area (Å²) < 4.78 is 0. The number of aryl methyl sites for hydroxylation is 1. The van der Waals surface area contributed by atoms with Crippen LogP contribution >= 0.6 is 0 Å². The van der Waals surface area contributed by atoms with Gasteiger partial charge in [-0.15, -0.1) is 0 Å². The molecule has 0 aliphatic heterocycles. The fourth-order valence-corrected chi connectivity index (χ4v) is 2.59. The quantitative estimate of drug-likeness (QED) is 0.748. The van der Waals surface area contributed by atoms with Crippen molar-refractivity contribution in [3.05, 3.63) is 23.3 Å². The molecule has 2 N–H and O–H groups in total. The summed E-state index contributed by atoms with van der Waals surface area (Å²) in [5, 5.41) is 19.5. The zero-order chi connectivity index (χ0) is 11.5. The average Bonchev–Trinajstić information content (AvgIpc) is 2.27. The number of phenols is 2. The van der Waals surface area contributed by atoms with Crippen molar-refractivity contribution in [2.24, 2.45) is 5.92 Å². The van der Waals surface area contributed by atoms with E-state index in [1.54, 1.807) is 19.1 Å². The van der Waals surface area contributed by atoms with Gasteiger partial charge in [-0.3, -0.25) is 0 Å². The number of hydrogen-bond donors (Lipinski definition) is 2. The molecule has 1 saturated carbocycles. The van der Waals surface area contributed by atoms with Gasteiger partial charge in [0.25, 0.3) is 0 Å². The first-order valence-electron chi connectivity index (χ1n) is 6.18. The van der Waals surface area contributed by atoms with Crippen LogP contribution in [-0.2, 0) is 6.42 Å². The molecule has 1 aromatic rings. The largest absolute Gasteiger partial charge is 0.508 e. The Kier molecular flexibility index (Phi) is 3.37. The van der Waals surface area contributed by atoms with Crippen LogP contribution in [0.4, 0.5) is 0 Å². The predicted octanol–water partition coefficient (Wildman–Crippen LogP) is 3.53. The standard InChI is InChI=1S/C14H20O2/c1-10-7-14(16)12(9-13(10)15)8-11-5-3-2-4-6-11/h7,9,11,15-16H,2-6,8H2,1H3. The van der Waals surface area contributed by atoms with E-state index < -0.39 is 0 Å². The highest BCUT2D eigenvalue weighted by Gasteiger charge is 2.16. The molecule has 2 rings (SSSR count). The number of hydrogen-bond acceptors (Lipinski definition) is 2. The Morgan fingerprint density at radius 1 is 1.06 bits per heavy atom. The van der Waals surface area contributed by atoms with E-state index in [2.05, 4.69) is 0 Å². The monoisotopic (exact) mass is 220 g/mol. The van der Waals surface area contributed by atoms with Gasteiger partial charge in [0.05, 0.1) is 0 Å². The van der Waals surface area contributed by atoms with Crippen molar-refractivity contribution in [3.8, 4) is 11.5 Å². The van der Waals surface area contributed by atoms with Crippen LogP contribution in [0.1, 0.15) is 43.2 Å². The van der Waals surface area contributed by atoms with E-state index in [0.717, 1.165) is 17.5 Å². The Balaban J connectivity index is 2.11. The third-order valence-corrected chi connectivity index (χ3v) is 3.63. The average molecular weight is 220 g/mol. The van der Waals surface area contributed by atoms with Gasteiger partial charge >= 0.3 is 0 Å². The van der Waals surface area contributed by atoms with Gasteiger partial charge in [0.15, 0.2) is 0 Å². The second kappa shape index (κ2) is 4.77. The Morgan fingerprint density at radius 2 is 1.75 bits per heavy atom. The second-order valence-electron chi connectivity index (χ2n) is 4.98. The van der Waals surface area contributed by atoms with Crippen LogP contribution in [0.3, 0.4) is 0 Å². The van der Waals surface area contributed by atoms with Crippen molar-refractivity contribution < 1.29 is 10.2 Å². The minimum atomic E-state index is 0.295. The zero-order valence-corrected chi connectivity index (χ0v) is 9.87. The third-order valence-electron chi connectivity index (χ3n) is 3.63. The van der Waals surface area contributed by atoms with E-state index >= 15 is 0 Å². The van der Waals surface area contributed by atoms with Crippen LogP contribution in [0.5, 0.6) is 11.5 Å². The van der Waals surface area contributed by atoms with Crippen LogP contribution in [0, 0.1) is 12.8 Å². The molecule has 1 aliphatic carbocycles. The molecular formula is C14H20O2. The van der Waals surface area contributed by atoms with Gasteiger partial charge in [0.1, 0.15) is 11.5 Å². The minimum absolute atomic E-state index is 0.295. The normalized spacial score (nSPS) is 17.6. The van der Waals surface area contributed by atoms with Gasteiger partial charge in [-0.05, 0) is 42.5 Å². The molecule has 2 nitrogen and oxygen atoms in total. The van der Waals surface area contributed by atoms with Crippen LogP contribution in [0.2, 0.25) is 0 Å². The van der Waals surface area contributed by atoms with Crippen molar-refractivity contribution in [2.45, 2.75) is 45.4 Å². The molecule has 0 spiro atoms. The highest BCUT2D eigenvalue weighted by Crippen LogP contribution is 2.32. The number of rotatable bonds is 2. The number of benzene rings is 1. The molecule has 0 atom stereocenters. The predicted molar refractivity (Wildman–Crippen MR) is 64.8 cm³/mol. The maximum atomic E-state index is 9.84. The lowest BCUT2D eigenvalue weighted by molar-refractivity contribution is 0.350. The fraction of sp³-hybridized carbons (Fsp3) is 0.571. The second-order valence-corrected chi connectivity index (χ2v) is 4.98. The van der Waals surface area contributed by atoms with Gasteiger partial charge in [-0.1, -0.05) is 32.1 Å². The summed E-state index contributed by atoms with van der Waals surface area (Å²) >= 11 is 0. The maximum absolute atomic E-state index is 9.84. The Morgan fingerprint density at radius 3 is 2.44 bits per heavy atom. The van der Waals surface area contributed by atoms with E-state index in [9.17, 15) is 10.2 Å². The van der Waals surface area contributed by atoms with E-state index in [1.807, 2.05) is 0 Å². The molecule has 1 aromatic carbocycles. The first-order valence-corrected chi connectivity index (χ1v) is 6.18. The van der Waals surface area contributed by atoms with E-state index in [4.69, 9.17) is 0 Å². The van der Waals surface area contributed by atoms with E-state index in [0.29, 0.717) is 17.4 Å². The smallest absolute Gasteiger partial charge is 0.119 e. The molecule has 1 fully saturated rings. The minimum Gasteiger partial charge on any atom is -0.508 e. The van der Waals surface area contributed by atoms with E-state index in [-0.39, 0.29) is 0 Å². The molecule has 16 heavy (non-hydrogen) atoms. The van der Waals surface area contributed by atoms with Crippen molar-refractivity contribution in [1.29, 1.82) is 0 Å². The summed E-state index contributed by atoms with van der Waals surface area (Å²) in [6.07, 6.45) is 7.38. The van der Waals surface area contributed by atoms with Crippen LogP contribution < -0.4 is 0 Å². The molecule has 0 heterocycles. The zero-order valence-electron chi connectivity index (χ0n) is 9.87. The van der Waals surface area contributed by atoms with Crippen molar-refractivity contribution in [3.63, 3.8) is 0 Å². The molecule has 0 amide bonds.